The monoisotopic (exact) mass is 242 g/mol. The molecule has 2 unspecified atom stereocenters. The Hall–Kier alpha value is -1.10. The van der Waals surface area contributed by atoms with Crippen LogP contribution in [-0.4, -0.2) is 47.1 Å². The van der Waals surface area contributed by atoms with Crippen molar-refractivity contribution in [2.24, 2.45) is 5.92 Å². The van der Waals surface area contributed by atoms with Gasteiger partial charge in [0.05, 0.1) is 5.92 Å². The summed E-state index contributed by atoms with van der Waals surface area (Å²) < 4.78 is 0. The van der Waals surface area contributed by atoms with Crippen molar-refractivity contribution >= 4 is 11.9 Å². The predicted octanol–water partition coefficient (Wildman–Crippen LogP) is 0.696. The molecule has 1 fully saturated rings. The van der Waals surface area contributed by atoms with Gasteiger partial charge in [-0.05, 0) is 19.8 Å². The standard InChI is InChI=1S/C12H22N2O3/c1-8(12(16)17)9(2)14-6-4-11(5-7-14)13-10(3)15/h8-9,11H,4-7H2,1-3H3,(H,13,15)(H,16,17). The Morgan fingerprint density at radius 2 is 1.82 bits per heavy atom. The number of carboxylic acids is 1. The van der Waals surface area contributed by atoms with Gasteiger partial charge < -0.3 is 10.4 Å². The highest BCUT2D eigenvalue weighted by Crippen LogP contribution is 2.18. The Labute approximate surface area is 102 Å². The third kappa shape index (κ3) is 4.00. The van der Waals surface area contributed by atoms with E-state index in [1.807, 2.05) is 6.92 Å². The van der Waals surface area contributed by atoms with Crippen molar-refractivity contribution in [3.8, 4) is 0 Å². The highest BCUT2D eigenvalue weighted by Gasteiger charge is 2.28. The van der Waals surface area contributed by atoms with E-state index in [-0.39, 0.29) is 23.9 Å². The first kappa shape index (κ1) is 14.0. The normalized spacial score (nSPS) is 21.8. The fourth-order valence-corrected chi connectivity index (χ4v) is 2.26. The van der Waals surface area contributed by atoms with Crippen LogP contribution in [0.25, 0.3) is 0 Å². The average molecular weight is 242 g/mol. The van der Waals surface area contributed by atoms with E-state index in [0.29, 0.717) is 0 Å². The molecule has 1 saturated heterocycles. The van der Waals surface area contributed by atoms with E-state index in [4.69, 9.17) is 5.11 Å². The third-order valence-corrected chi connectivity index (χ3v) is 3.63. The van der Waals surface area contributed by atoms with Crippen LogP contribution in [0.1, 0.15) is 33.6 Å². The summed E-state index contributed by atoms with van der Waals surface area (Å²) in [6.45, 7) is 6.93. The molecule has 0 saturated carbocycles. The molecule has 0 aromatic rings. The number of nitrogens with one attached hydrogen (secondary N) is 1. The SMILES string of the molecule is CC(=O)NC1CCN(C(C)C(C)C(=O)O)CC1. The van der Waals surface area contributed by atoms with Crippen molar-refractivity contribution in [2.45, 2.75) is 45.7 Å². The van der Waals surface area contributed by atoms with Gasteiger partial charge in [0.15, 0.2) is 0 Å². The van der Waals surface area contributed by atoms with E-state index in [1.54, 1.807) is 6.92 Å². The summed E-state index contributed by atoms with van der Waals surface area (Å²) in [7, 11) is 0. The van der Waals surface area contributed by atoms with Crippen molar-refractivity contribution in [3.63, 3.8) is 0 Å². The molecule has 17 heavy (non-hydrogen) atoms. The summed E-state index contributed by atoms with van der Waals surface area (Å²) in [6, 6.07) is 0.293. The zero-order chi connectivity index (χ0) is 13.0. The van der Waals surface area contributed by atoms with Gasteiger partial charge in [-0.1, -0.05) is 6.92 Å². The van der Waals surface area contributed by atoms with Crippen LogP contribution < -0.4 is 5.32 Å². The lowest BCUT2D eigenvalue weighted by Gasteiger charge is -2.37. The third-order valence-electron chi connectivity index (χ3n) is 3.63. The van der Waals surface area contributed by atoms with E-state index in [0.717, 1.165) is 25.9 Å². The van der Waals surface area contributed by atoms with Gasteiger partial charge in [-0.15, -0.1) is 0 Å². The number of nitrogens with zero attached hydrogens (tertiary/aromatic N) is 1. The number of hydrogen-bond acceptors (Lipinski definition) is 3. The molecule has 1 rings (SSSR count). The summed E-state index contributed by atoms with van der Waals surface area (Å²) in [5.41, 5.74) is 0. The summed E-state index contributed by atoms with van der Waals surface area (Å²) >= 11 is 0. The average Bonchev–Trinajstić information content (AvgIpc) is 2.27. The molecule has 0 aromatic carbocycles. The molecule has 0 radical (unpaired) electrons. The summed E-state index contributed by atoms with van der Waals surface area (Å²) in [5.74, 6) is -1.09. The molecule has 2 N–H and O–H groups in total. The lowest BCUT2D eigenvalue weighted by atomic mass is 9.97. The number of piperidine rings is 1. The molecule has 1 amide bonds. The minimum atomic E-state index is -0.749. The highest BCUT2D eigenvalue weighted by atomic mass is 16.4. The fraction of sp³-hybridized carbons (Fsp3) is 0.833. The predicted molar refractivity (Wildman–Crippen MR) is 64.7 cm³/mol. The van der Waals surface area contributed by atoms with Gasteiger partial charge in [0.2, 0.25) is 5.91 Å². The number of hydrogen-bond donors (Lipinski definition) is 2. The molecule has 2 atom stereocenters. The Morgan fingerprint density at radius 3 is 2.24 bits per heavy atom. The van der Waals surface area contributed by atoms with E-state index in [2.05, 4.69) is 10.2 Å². The van der Waals surface area contributed by atoms with Crippen LogP contribution in [0.3, 0.4) is 0 Å². The molecule has 0 bridgehead atoms. The maximum atomic E-state index is 10.9. The molecule has 5 nitrogen and oxygen atoms in total. The quantitative estimate of drug-likeness (QED) is 0.761. The lowest BCUT2D eigenvalue weighted by Crippen LogP contribution is -2.49. The summed E-state index contributed by atoms with van der Waals surface area (Å²) in [4.78, 5) is 24.0. The van der Waals surface area contributed by atoms with E-state index in [9.17, 15) is 9.59 Å². The summed E-state index contributed by atoms with van der Waals surface area (Å²) in [5, 5.41) is 11.9. The number of likely N-dealkylation sites (tertiary alicyclic amines) is 1. The second-order valence-electron chi connectivity index (χ2n) is 4.88. The lowest BCUT2D eigenvalue weighted by molar-refractivity contribution is -0.143. The molecule has 1 aliphatic heterocycles. The first-order valence-corrected chi connectivity index (χ1v) is 6.15. The van der Waals surface area contributed by atoms with Crippen LogP contribution in [0.15, 0.2) is 0 Å². The molecule has 1 aliphatic rings. The largest absolute Gasteiger partial charge is 0.481 e. The maximum Gasteiger partial charge on any atom is 0.307 e. The number of rotatable bonds is 4. The number of carboxylic acid groups (broad SMARTS) is 1. The zero-order valence-electron chi connectivity index (χ0n) is 10.8. The van der Waals surface area contributed by atoms with Gasteiger partial charge >= 0.3 is 5.97 Å². The van der Waals surface area contributed by atoms with E-state index >= 15 is 0 Å². The number of amides is 1. The van der Waals surface area contributed by atoms with Gasteiger partial charge in [0.25, 0.3) is 0 Å². The van der Waals surface area contributed by atoms with Gasteiger partial charge in [-0.2, -0.15) is 0 Å². The molecular weight excluding hydrogens is 220 g/mol. The minimum absolute atomic E-state index is 0.00963. The van der Waals surface area contributed by atoms with Gasteiger partial charge in [-0.25, -0.2) is 0 Å². The fourth-order valence-electron chi connectivity index (χ4n) is 2.26. The second kappa shape index (κ2) is 6.00. The molecule has 5 heteroatoms. The van der Waals surface area contributed by atoms with Crippen molar-refractivity contribution in [2.75, 3.05) is 13.1 Å². The first-order chi connectivity index (χ1) is 7.91. The second-order valence-corrected chi connectivity index (χ2v) is 4.88. The van der Waals surface area contributed by atoms with Gasteiger partial charge in [0.1, 0.15) is 0 Å². The molecule has 0 spiro atoms. The van der Waals surface area contributed by atoms with Gasteiger partial charge in [-0.3, -0.25) is 14.5 Å². The zero-order valence-corrected chi connectivity index (χ0v) is 10.8. The van der Waals surface area contributed by atoms with E-state index < -0.39 is 5.97 Å². The van der Waals surface area contributed by atoms with Crippen LogP contribution in [0, 0.1) is 5.92 Å². The number of aliphatic carboxylic acids is 1. The van der Waals surface area contributed by atoms with E-state index in [1.165, 1.54) is 6.92 Å². The molecular formula is C12H22N2O3. The Morgan fingerprint density at radius 1 is 1.29 bits per heavy atom. The number of carbonyl (C=O) groups excluding carboxylic acids is 1. The Balaban J connectivity index is 2.41. The first-order valence-electron chi connectivity index (χ1n) is 6.15. The topological polar surface area (TPSA) is 69.6 Å². The van der Waals surface area contributed by atoms with Gasteiger partial charge in [0, 0.05) is 32.1 Å². The minimum Gasteiger partial charge on any atom is -0.481 e. The highest BCUT2D eigenvalue weighted by molar-refractivity contribution is 5.73. The van der Waals surface area contributed by atoms with Crippen LogP contribution in [0.5, 0.6) is 0 Å². The Kier molecular flexibility index (Phi) is 4.93. The van der Waals surface area contributed by atoms with Crippen LogP contribution >= 0.6 is 0 Å². The van der Waals surface area contributed by atoms with Crippen molar-refractivity contribution < 1.29 is 14.7 Å². The smallest absolute Gasteiger partial charge is 0.307 e. The van der Waals surface area contributed by atoms with Crippen LogP contribution in [0.2, 0.25) is 0 Å². The molecule has 98 valence electrons. The molecule has 1 heterocycles. The molecule has 0 aliphatic carbocycles. The molecule has 0 aromatic heterocycles. The van der Waals surface area contributed by atoms with Crippen molar-refractivity contribution in [3.05, 3.63) is 0 Å². The van der Waals surface area contributed by atoms with Crippen LogP contribution in [-0.2, 0) is 9.59 Å². The summed E-state index contributed by atoms with van der Waals surface area (Å²) in [6.07, 6.45) is 1.80. The van der Waals surface area contributed by atoms with Crippen molar-refractivity contribution in [1.29, 1.82) is 0 Å². The van der Waals surface area contributed by atoms with Crippen molar-refractivity contribution in [1.82, 2.24) is 10.2 Å². The Bertz CT molecular complexity index is 285. The van der Waals surface area contributed by atoms with Crippen LogP contribution in [0.4, 0.5) is 0 Å². The number of carbonyl (C=O) groups is 2. The maximum absolute atomic E-state index is 10.9.